The first kappa shape index (κ1) is 15.1. The van der Waals surface area contributed by atoms with E-state index in [1.165, 1.54) is 11.1 Å². The van der Waals surface area contributed by atoms with Crippen molar-refractivity contribution < 1.29 is 9.47 Å². The van der Waals surface area contributed by atoms with Crippen molar-refractivity contribution in [1.29, 1.82) is 0 Å². The zero-order valence-electron chi connectivity index (χ0n) is 11.6. The SMILES string of the molecule is CCOC(CCNCc1cnccc1C)OCC. The Morgan fingerprint density at radius 1 is 1.28 bits per heavy atom. The third-order valence-corrected chi connectivity index (χ3v) is 2.72. The van der Waals surface area contributed by atoms with Gasteiger partial charge in [-0.1, -0.05) is 0 Å². The highest BCUT2D eigenvalue weighted by molar-refractivity contribution is 5.20. The van der Waals surface area contributed by atoms with Crippen molar-refractivity contribution in [1.82, 2.24) is 10.3 Å². The van der Waals surface area contributed by atoms with Crippen molar-refractivity contribution in [2.24, 2.45) is 0 Å². The molecule has 1 heterocycles. The fourth-order valence-electron chi connectivity index (χ4n) is 1.71. The lowest BCUT2D eigenvalue weighted by molar-refractivity contribution is -0.138. The zero-order chi connectivity index (χ0) is 13.2. The molecule has 0 amide bonds. The molecule has 0 fully saturated rings. The molecule has 1 aromatic heterocycles. The summed E-state index contributed by atoms with van der Waals surface area (Å²) in [5, 5.41) is 3.39. The maximum absolute atomic E-state index is 5.48. The van der Waals surface area contributed by atoms with Crippen LogP contribution in [0.15, 0.2) is 18.5 Å². The molecule has 0 aliphatic heterocycles. The van der Waals surface area contributed by atoms with E-state index in [0.717, 1.165) is 19.5 Å². The first-order chi connectivity index (χ1) is 8.77. The normalized spacial score (nSPS) is 11.1. The van der Waals surface area contributed by atoms with E-state index < -0.39 is 0 Å². The second-order valence-corrected chi connectivity index (χ2v) is 4.11. The minimum atomic E-state index is -0.0949. The Morgan fingerprint density at radius 3 is 2.61 bits per heavy atom. The number of hydrogen-bond donors (Lipinski definition) is 1. The summed E-state index contributed by atoms with van der Waals surface area (Å²) in [6.45, 7) is 9.15. The van der Waals surface area contributed by atoms with Crippen LogP contribution in [-0.4, -0.2) is 31.0 Å². The quantitative estimate of drug-likeness (QED) is 0.541. The molecule has 0 saturated heterocycles. The molecule has 0 aliphatic carbocycles. The monoisotopic (exact) mass is 252 g/mol. The molecule has 0 saturated carbocycles. The number of rotatable bonds is 9. The van der Waals surface area contributed by atoms with Gasteiger partial charge in [-0.3, -0.25) is 4.98 Å². The van der Waals surface area contributed by atoms with Gasteiger partial charge in [0, 0.05) is 45.1 Å². The van der Waals surface area contributed by atoms with Gasteiger partial charge in [0.25, 0.3) is 0 Å². The highest BCUT2D eigenvalue weighted by Crippen LogP contribution is 2.05. The van der Waals surface area contributed by atoms with Gasteiger partial charge in [-0.15, -0.1) is 0 Å². The number of pyridine rings is 1. The van der Waals surface area contributed by atoms with E-state index in [9.17, 15) is 0 Å². The van der Waals surface area contributed by atoms with Crippen LogP contribution in [0.4, 0.5) is 0 Å². The van der Waals surface area contributed by atoms with Gasteiger partial charge in [0.15, 0.2) is 6.29 Å². The van der Waals surface area contributed by atoms with Crippen molar-refractivity contribution in [2.45, 2.75) is 40.0 Å². The first-order valence-electron chi connectivity index (χ1n) is 6.61. The number of aryl methyl sites for hydroxylation is 1. The Morgan fingerprint density at radius 2 is 2.00 bits per heavy atom. The summed E-state index contributed by atoms with van der Waals surface area (Å²) in [6, 6.07) is 2.03. The second kappa shape index (κ2) is 9.03. The van der Waals surface area contributed by atoms with Crippen LogP contribution in [0.1, 0.15) is 31.4 Å². The van der Waals surface area contributed by atoms with E-state index in [0.29, 0.717) is 13.2 Å². The fraction of sp³-hybridized carbons (Fsp3) is 0.643. The third-order valence-electron chi connectivity index (χ3n) is 2.72. The Labute approximate surface area is 110 Å². The Kier molecular flexibility index (Phi) is 7.57. The molecule has 0 radical (unpaired) electrons. The van der Waals surface area contributed by atoms with Gasteiger partial charge in [-0.05, 0) is 38.0 Å². The van der Waals surface area contributed by atoms with Crippen molar-refractivity contribution in [2.75, 3.05) is 19.8 Å². The maximum atomic E-state index is 5.48. The number of nitrogens with zero attached hydrogens (tertiary/aromatic N) is 1. The van der Waals surface area contributed by atoms with Gasteiger partial charge in [-0.2, -0.15) is 0 Å². The molecule has 18 heavy (non-hydrogen) atoms. The summed E-state index contributed by atoms with van der Waals surface area (Å²) in [5.74, 6) is 0. The Bertz CT molecular complexity index is 325. The summed E-state index contributed by atoms with van der Waals surface area (Å²) in [4.78, 5) is 4.13. The molecular formula is C14H24N2O2. The van der Waals surface area contributed by atoms with E-state index >= 15 is 0 Å². The molecule has 0 bridgehead atoms. The summed E-state index contributed by atoms with van der Waals surface area (Å²) < 4.78 is 11.0. The molecule has 4 heteroatoms. The molecular weight excluding hydrogens is 228 g/mol. The fourth-order valence-corrected chi connectivity index (χ4v) is 1.71. The molecule has 0 aliphatic rings. The largest absolute Gasteiger partial charge is 0.353 e. The lowest BCUT2D eigenvalue weighted by Gasteiger charge is -2.17. The second-order valence-electron chi connectivity index (χ2n) is 4.11. The Balaban J connectivity index is 2.23. The van der Waals surface area contributed by atoms with Gasteiger partial charge in [0.2, 0.25) is 0 Å². The van der Waals surface area contributed by atoms with Crippen LogP contribution in [0.3, 0.4) is 0 Å². The molecule has 1 N–H and O–H groups in total. The summed E-state index contributed by atoms with van der Waals surface area (Å²) >= 11 is 0. The zero-order valence-corrected chi connectivity index (χ0v) is 11.6. The van der Waals surface area contributed by atoms with Crippen molar-refractivity contribution >= 4 is 0 Å². The number of ether oxygens (including phenoxy) is 2. The molecule has 4 nitrogen and oxygen atoms in total. The van der Waals surface area contributed by atoms with E-state index in [4.69, 9.17) is 9.47 Å². The molecule has 102 valence electrons. The first-order valence-corrected chi connectivity index (χ1v) is 6.61. The van der Waals surface area contributed by atoms with Crippen LogP contribution < -0.4 is 5.32 Å². The van der Waals surface area contributed by atoms with Crippen LogP contribution in [0.25, 0.3) is 0 Å². The van der Waals surface area contributed by atoms with E-state index in [1.54, 1.807) is 0 Å². The summed E-state index contributed by atoms with van der Waals surface area (Å²) in [6.07, 6.45) is 4.49. The predicted molar refractivity (Wildman–Crippen MR) is 72.3 cm³/mol. The minimum absolute atomic E-state index is 0.0949. The summed E-state index contributed by atoms with van der Waals surface area (Å²) in [5.41, 5.74) is 2.51. The van der Waals surface area contributed by atoms with Gasteiger partial charge < -0.3 is 14.8 Å². The lowest BCUT2D eigenvalue weighted by atomic mass is 10.1. The molecule has 0 atom stereocenters. The molecule has 1 rings (SSSR count). The van der Waals surface area contributed by atoms with E-state index in [1.807, 2.05) is 32.3 Å². The van der Waals surface area contributed by atoms with Crippen LogP contribution in [0, 0.1) is 6.92 Å². The van der Waals surface area contributed by atoms with Gasteiger partial charge >= 0.3 is 0 Å². The predicted octanol–water partition coefficient (Wildman–Crippen LogP) is 2.27. The van der Waals surface area contributed by atoms with Crippen molar-refractivity contribution in [3.63, 3.8) is 0 Å². The topological polar surface area (TPSA) is 43.4 Å². The third kappa shape index (κ3) is 5.58. The highest BCUT2D eigenvalue weighted by atomic mass is 16.7. The van der Waals surface area contributed by atoms with Crippen LogP contribution in [0.2, 0.25) is 0 Å². The molecule has 0 aromatic carbocycles. The van der Waals surface area contributed by atoms with Gasteiger partial charge in [0.05, 0.1) is 0 Å². The number of aromatic nitrogens is 1. The van der Waals surface area contributed by atoms with Crippen molar-refractivity contribution in [3.05, 3.63) is 29.6 Å². The number of nitrogens with one attached hydrogen (secondary N) is 1. The standard InChI is InChI=1S/C14H24N2O2/c1-4-17-14(18-5-2)7-9-16-11-13-10-15-8-6-12(13)3/h6,8,10,14,16H,4-5,7,9,11H2,1-3H3. The Hall–Kier alpha value is -0.970. The lowest BCUT2D eigenvalue weighted by Crippen LogP contribution is -2.24. The average molecular weight is 252 g/mol. The summed E-state index contributed by atoms with van der Waals surface area (Å²) in [7, 11) is 0. The van der Waals surface area contributed by atoms with Crippen molar-refractivity contribution in [3.8, 4) is 0 Å². The van der Waals surface area contributed by atoms with Crippen LogP contribution >= 0.6 is 0 Å². The van der Waals surface area contributed by atoms with Gasteiger partial charge in [0.1, 0.15) is 0 Å². The average Bonchev–Trinajstić information content (AvgIpc) is 2.37. The van der Waals surface area contributed by atoms with E-state index in [-0.39, 0.29) is 6.29 Å². The van der Waals surface area contributed by atoms with Crippen LogP contribution in [0.5, 0.6) is 0 Å². The minimum Gasteiger partial charge on any atom is -0.353 e. The smallest absolute Gasteiger partial charge is 0.158 e. The molecule has 0 spiro atoms. The number of hydrogen-bond acceptors (Lipinski definition) is 4. The van der Waals surface area contributed by atoms with Crippen LogP contribution in [-0.2, 0) is 16.0 Å². The molecule has 1 aromatic rings. The van der Waals surface area contributed by atoms with E-state index in [2.05, 4.69) is 17.2 Å². The highest BCUT2D eigenvalue weighted by Gasteiger charge is 2.07. The molecule has 0 unspecified atom stereocenters. The van der Waals surface area contributed by atoms with Gasteiger partial charge in [-0.25, -0.2) is 0 Å². The maximum Gasteiger partial charge on any atom is 0.158 e.